The Balaban J connectivity index is 1.31. The van der Waals surface area contributed by atoms with Crippen LogP contribution < -0.4 is 5.32 Å². The van der Waals surface area contributed by atoms with Crippen LogP contribution >= 0.6 is 0 Å². The minimum atomic E-state index is -0.623. The molecule has 1 unspecified atom stereocenters. The molecule has 1 N–H and O–H groups in total. The standard InChI is InChI=1S/C25H23FN2O4/c26-21-8-7-16(12-22-18-3-1-2-4-19(18)25(31)32-22)11-20(21)24(30)28-10-9-17(14-28)23(29)27-13-15-5-6-15/h1-4,7-8,11-12,15,17H,5-6,9-10,13-14H2,(H,27,29). The van der Waals surface area contributed by atoms with E-state index < -0.39 is 17.7 Å². The molecule has 2 aromatic rings. The molecule has 1 atom stereocenters. The van der Waals surface area contributed by atoms with Gasteiger partial charge < -0.3 is 15.0 Å². The van der Waals surface area contributed by atoms with Crippen molar-refractivity contribution in [1.29, 1.82) is 0 Å². The van der Waals surface area contributed by atoms with Crippen LogP contribution in [0.3, 0.4) is 0 Å². The number of ether oxygens (including phenoxy) is 1. The zero-order chi connectivity index (χ0) is 22.2. The summed E-state index contributed by atoms with van der Waals surface area (Å²) in [6, 6.07) is 11.2. The van der Waals surface area contributed by atoms with Crippen molar-refractivity contribution in [3.05, 3.63) is 70.5 Å². The fraction of sp³-hybridized carbons (Fsp3) is 0.320. The van der Waals surface area contributed by atoms with E-state index in [1.807, 2.05) is 0 Å². The van der Waals surface area contributed by atoms with Gasteiger partial charge in [0.15, 0.2) is 0 Å². The van der Waals surface area contributed by atoms with Gasteiger partial charge in [-0.15, -0.1) is 0 Å². The minimum Gasteiger partial charge on any atom is -0.422 e. The van der Waals surface area contributed by atoms with Crippen LogP contribution in [-0.2, 0) is 9.53 Å². The normalized spacial score (nSPS) is 20.9. The number of nitrogens with one attached hydrogen (secondary N) is 1. The number of likely N-dealkylation sites (tertiary alicyclic amines) is 1. The monoisotopic (exact) mass is 434 g/mol. The molecular formula is C25H23FN2O4. The van der Waals surface area contributed by atoms with Crippen molar-refractivity contribution in [2.45, 2.75) is 19.3 Å². The molecule has 164 valence electrons. The molecule has 1 saturated carbocycles. The molecule has 1 saturated heterocycles. The maximum Gasteiger partial charge on any atom is 0.344 e. The first-order chi connectivity index (χ1) is 15.5. The molecule has 0 bridgehead atoms. The van der Waals surface area contributed by atoms with E-state index in [1.165, 1.54) is 23.1 Å². The molecular weight excluding hydrogens is 411 g/mol. The third-order valence-electron chi connectivity index (χ3n) is 6.24. The van der Waals surface area contributed by atoms with Crippen LogP contribution in [0.1, 0.15) is 51.1 Å². The molecule has 2 aromatic carbocycles. The SMILES string of the molecule is O=C1OC(=Cc2ccc(F)c(C(=O)N3CCC(C(=O)NCC4CC4)C3)c2)c2ccccc21. The number of hydrogen-bond acceptors (Lipinski definition) is 4. The third-order valence-corrected chi connectivity index (χ3v) is 6.24. The molecule has 6 nitrogen and oxygen atoms in total. The maximum absolute atomic E-state index is 14.5. The summed E-state index contributed by atoms with van der Waals surface area (Å²) in [5.41, 5.74) is 1.62. The summed E-state index contributed by atoms with van der Waals surface area (Å²) in [5, 5.41) is 2.96. The first kappa shape index (κ1) is 20.4. The second-order valence-electron chi connectivity index (χ2n) is 8.61. The van der Waals surface area contributed by atoms with Crippen LogP contribution in [0.2, 0.25) is 0 Å². The fourth-order valence-corrected chi connectivity index (χ4v) is 4.18. The molecule has 2 amide bonds. The summed E-state index contributed by atoms with van der Waals surface area (Å²) >= 11 is 0. The first-order valence-corrected chi connectivity index (χ1v) is 10.9. The molecule has 5 rings (SSSR count). The topological polar surface area (TPSA) is 75.7 Å². The quantitative estimate of drug-likeness (QED) is 0.731. The summed E-state index contributed by atoms with van der Waals surface area (Å²) in [6.45, 7) is 1.39. The van der Waals surface area contributed by atoms with Gasteiger partial charge >= 0.3 is 5.97 Å². The molecule has 32 heavy (non-hydrogen) atoms. The summed E-state index contributed by atoms with van der Waals surface area (Å²) in [7, 11) is 0. The van der Waals surface area contributed by atoms with Crippen molar-refractivity contribution in [3.8, 4) is 0 Å². The largest absolute Gasteiger partial charge is 0.422 e. The van der Waals surface area contributed by atoms with Gasteiger partial charge in [0, 0.05) is 25.2 Å². The molecule has 0 aromatic heterocycles. The lowest BCUT2D eigenvalue weighted by Crippen LogP contribution is -2.35. The number of benzene rings is 2. The lowest BCUT2D eigenvalue weighted by molar-refractivity contribution is -0.124. The maximum atomic E-state index is 14.5. The molecule has 7 heteroatoms. The van der Waals surface area contributed by atoms with E-state index in [9.17, 15) is 18.8 Å². The van der Waals surface area contributed by atoms with Gasteiger partial charge in [0.2, 0.25) is 5.91 Å². The van der Waals surface area contributed by atoms with Gasteiger partial charge in [-0.2, -0.15) is 0 Å². The van der Waals surface area contributed by atoms with Crippen molar-refractivity contribution in [1.82, 2.24) is 10.2 Å². The number of hydrogen-bond donors (Lipinski definition) is 1. The Kier molecular flexibility index (Phi) is 5.25. The van der Waals surface area contributed by atoms with Crippen LogP contribution in [0.25, 0.3) is 11.8 Å². The van der Waals surface area contributed by atoms with Crippen molar-refractivity contribution >= 4 is 29.6 Å². The summed E-state index contributed by atoms with van der Waals surface area (Å²) in [6.07, 6.45) is 4.51. The molecule has 0 spiro atoms. The number of carbonyl (C=O) groups is 3. The van der Waals surface area contributed by atoms with E-state index >= 15 is 0 Å². The Morgan fingerprint density at radius 2 is 1.91 bits per heavy atom. The Labute approximate surface area is 185 Å². The number of amides is 2. The third kappa shape index (κ3) is 4.02. The Morgan fingerprint density at radius 3 is 2.69 bits per heavy atom. The Morgan fingerprint density at radius 1 is 1.12 bits per heavy atom. The van der Waals surface area contributed by atoms with Gasteiger partial charge in [0.1, 0.15) is 11.6 Å². The summed E-state index contributed by atoms with van der Waals surface area (Å²) in [5.74, 6) is -0.840. The van der Waals surface area contributed by atoms with Crippen LogP contribution in [0.4, 0.5) is 4.39 Å². The number of esters is 1. The van der Waals surface area contributed by atoms with Gasteiger partial charge in [-0.1, -0.05) is 24.3 Å². The van der Waals surface area contributed by atoms with Crippen LogP contribution in [0.5, 0.6) is 0 Å². The Hall–Kier alpha value is -3.48. The zero-order valence-electron chi connectivity index (χ0n) is 17.5. The predicted octanol–water partition coefficient (Wildman–Crippen LogP) is 3.48. The fourth-order valence-electron chi connectivity index (χ4n) is 4.18. The van der Waals surface area contributed by atoms with Crippen LogP contribution in [0.15, 0.2) is 42.5 Å². The van der Waals surface area contributed by atoms with Crippen LogP contribution in [-0.4, -0.2) is 42.3 Å². The molecule has 0 radical (unpaired) electrons. The molecule has 2 heterocycles. The predicted molar refractivity (Wildman–Crippen MR) is 116 cm³/mol. The van der Waals surface area contributed by atoms with E-state index in [2.05, 4.69) is 5.32 Å². The van der Waals surface area contributed by atoms with E-state index in [1.54, 1.807) is 30.3 Å². The van der Waals surface area contributed by atoms with Crippen LogP contribution in [0, 0.1) is 17.7 Å². The summed E-state index contributed by atoms with van der Waals surface area (Å²) < 4.78 is 19.9. The average Bonchev–Trinajstić information content (AvgIpc) is 3.40. The highest BCUT2D eigenvalue weighted by Gasteiger charge is 2.33. The first-order valence-electron chi connectivity index (χ1n) is 10.9. The molecule has 2 fully saturated rings. The van der Waals surface area contributed by atoms with Gasteiger partial charge in [0.05, 0.1) is 17.0 Å². The lowest BCUT2D eigenvalue weighted by atomic mass is 10.0. The molecule has 1 aliphatic carbocycles. The van der Waals surface area contributed by atoms with Crippen molar-refractivity contribution in [2.24, 2.45) is 11.8 Å². The average molecular weight is 434 g/mol. The van der Waals surface area contributed by atoms with Gasteiger partial charge in [-0.05, 0) is 55.0 Å². The van der Waals surface area contributed by atoms with E-state index in [-0.39, 0.29) is 23.9 Å². The number of fused-ring (bicyclic) bond motifs is 1. The highest BCUT2D eigenvalue weighted by molar-refractivity contribution is 6.06. The number of nitrogens with zero attached hydrogens (tertiary/aromatic N) is 1. The molecule has 2 aliphatic heterocycles. The lowest BCUT2D eigenvalue weighted by Gasteiger charge is -2.17. The summed E-state index contributed by atoms with van der Waals surface area (Å²) in [4.78, 5) is 38.9. The highest BCUT2D eigenvalue weighted by atomic mass is 19.1. The second kappa shape index (κ2) is 8.22. The number of cyclic esters (lactones) is 1. The highest BCUT2D eigenvalue weighted by Crippen LogP contribution is 2.32. The van der Waals surface area contributed by atoms with Crippen molar-refractivity contribution < 1.29 is 23.5 Å². The van der Waals surface area contributed by atoms with Gasteiger partial charge in [-0.3, -0.25) is 9.59 Å². The van der Waals surface area contributed by atoms with Crippen molar-refractivity contribution in [3.63, 3.8) is 0 Å². The van der Waals surface area contributed by atoms with E-state index in [0.29, 0.717) is 47.9 Å². The zero-order valence-corrected chi connectivity index (χ0v) is 17.5. The van der Waals surface area contributed by atoms with E-state index in [0.717, 1.165) is 12.8 Å². The van der Waals surface area contributed by atoms with Gasteiger partial charge in [0.25, 0.3) is 5.91 Å². The number of carbonyl (C=O) groups excluding carboxylic acids is 3. The minimum absolute atomic E-state index is 0.0344. The smallest absolute Gasteiger partial charge is 0.344 e. The van der Waals surface area contributed by atoms with E-state index in [4.69, 9.17) is 4.74 Å². The molecule has 3 aliphatic rings. The number of rotatable bonds is 5. The second-order valence-corrected chi connectivity index (χ2v) is 8.61. The number of halogens is 1. The van der Waals surface area contributed by atoms with Gasteiger partial charge in [-0.25, -0.2) is 9.18 Å². The Bertz CT molecular complexity index is 1140. The van der Waals surface area contributed by atoms with Crippen molar-refractivity contribution in [2.75, 3.05) is 19.6 Å².